The van der Waals surface area contributed by atoms with Crippen LogP contribution in [0.5, 0.6) is 0 Å². The van der Waals surface area contributed by atoms with Gasteiger partial charge in [0, 0.05) is 13.2 Å². The Morgan fingerprint density at radius 2 is 2.33 bits per heavy atom. The number of likely N-dealkylation sites (N-methyl/N-ethyl adjacent to an activating group) is 1. The molecule has 1 atom stereocenters. The van der Waals surface area contributed by atoms with Crippen LogP contribution in [0.4, 0.5) is 4.79 Å². The van der Waals surface area contributed by atoms with Crippen molar-refractivity contribution in [3.63, 3.8) is 0 Å². The minimum atomic E-state index is -1.00. The van der Waals surface area contributed by atoms with E-state index in [2.05, 4.69) is 5.32 Å². The smallest absolute Gasteiger partial charge is 0.323 e. The normalized spacial score (nSPS) is 19.9. The van der Waals surface area contributed by atoms with E-state index in [0.717, 1.165) is 6.42 Å². The second-order valence-electron chi connectivity index (χ2n) is 3.42. The summed E-state index contributed by atoms with van der Waals surface area (Å²) in [5.74, 6) is -1.00. The fourth-order valence-electron chi connectivity index (χ4n) is 1.40. The second-order valence-corrected chi connectivity index (χ2v) is 3.42. The van der Waals surface area contributed by atoms with Crippen LogP contribution in [-0.4, -0.2) is 54.4 Å². The average Bonchev–Trinajstić information content (AvgIpc) is 2.66. The highest BCUT2D eigenvalue weighted by atomic mass is 16.5. The summed E-state index contributed by atoms with van der Waals surface area (Å²) in [6, 6.07) is -0.323. The van der Waals surface area contributed by atoms with E-state index in [1.807, 2.05) is 0 Å². The Hall–Kier alpha value is -1.30. The van der Waals surface area contributed by atoms with Crippen LogP contribution >= 0.6 is 0 Å². The van der Waals surface area contributed by atoms with Crippen molar-refractivity contribution in [2.24, 2.45) is 0 Å². The highest BCUT2D eigenvalue weighted by molar-refractivity contribution is 5.80. The third-order valence-electron chi connectivity index (χ3n) is 2.25. The molecule has 2 N–H and O–H groups in total. The number of amides is 2. The van der Waals surface area contributed by atoms with Crippen LogP contribution < -0.4 is 5.32 Å². The molecule has 1 rings (SSSR count). The quantitative estimate of drug-likeness (QED) is 0.687. The summed E-state index contributed by atoms with van der Waals surface area (Å²) in [4.78, 5) is 23.3. The molecule has 6 heteroatoms. The van der Waals surface area contributed by atoms with E-state index < -0.39 is 5.97 Å². The van der Waals surface area contributed by atoms with E-state index >= 15 is 0 Å². The fourth-order valence-corrected chi connectivity index (χ4v) is 1.40. The van der Waals surface area contributed by atoms with Crippen LogP contribution in [0, 0.1) is 0 Å². The summed E-state index contributed by atoms with van der Waals surface area (Å²) in [5, 5.41) is 11.3. The lowest BCUT2D eigenvalue weighted by Crippen LogP contribution is -2.46. The molecular weight excluding hydrogens is 200 g/mol. The molecule has 0 radical (unpaired) electrons. The molecule has 1 saturated heterocycles. The van der Waals surface area contributed by atoms with Gasteiger partial charge in [0.25, 0.3) is 0 Å². The Balaban J connectivity index is 2.38. The molecule has 15 heavy (non-hydrogen) atoms. The van der Waals surface area contributed by atoms with E-state index in [1.165, 1.54) is 4.90 Å². The first-order valence-electron chi connectivity index (χ1n) is 4.98. The molecule has 6 nitrogen and oxygen atoms in total. The number of carbonyl (C=O) groups excluding carboxylic acids is 1. The zero-order valence-corrected chi connectivity index (χ0v) is 8.73. The van der Waals surface area contributed by atoms with Crippen LogP contribution in [0.1, 0.15) is 13.3 Å². The predicted octanol–water partition coefficient (Wildman–Crippen LogP) is -0.109. The zero-order valence-electron chi connectivity index (χ0n) is 8.73. The average molecular weight is 216 g/mol. The Morgan fingerprint density at radius 3 is 2.80 bits per heavy atom. The van der Waals surface area contributed by atoms with Gasteiger partial charge >= 0.3 is 12.0 Å². The number of nitrogens with zero attached hydrogens (tertiary/aromatic N) is 1. The highest BCUT2D eigenvalue weighted by Gasteiger charge is 2.21. The first-order chi connectivity index (χ1) is 7.13. The van der Waals surface area contributed by atoms with Gasteiger partial charge in [-0.1, -0.05) is 0 Å². The van der Waals surface area contributed by atoms with Gasteiger partial charge in [0.1, 0.15) is 6.54 Å². The molecule has 0 aromatic rings. The first kappa shape index (κ1) is 11.8. The summed E-state index contributed by atoms with van der Waals surface area (Å²) in [7, 11) is 0. The van der Waals surface area contributed by atoms with Gasteiger partial charge in [0.15, 0.2) is 0 Å². The van der Waals surface area contributed by atoms with Crippen LogP contribution in [0.25, 0.3) is 0 Å². The minimum Gasteiger partial charge on any atom is -0.480 e. The largest absolute Gasteiger partial charge is 0.480 e. The number of urea groups is 1. The minimum absolute atomic E-state index is 0.0142. The maximum absolute atomic E-state index is 11.6. The van der Waals surface area contributed by atoms with Crippen molar-refractivity contribution in [3.8, 4) is 0 Å². The molecule has 0 aromatic heterocycles. The number of ether oxygens (including phenoxy) is 1. The molecule has 0 bridgehead atoms. The molecular formula is C9H16N2O4. The first-order valence-corrected chi connectivity index (χ1v) is 4.98. The maximum atomic E-state index is 11.6. The molecule has 1 unspecified atom stereocenters. The Morgan fingerprint density at radius 1 is 1.60 bits per heavy atom. The Labute approximate surface area is 88.2 Å². The summed E-state index contributed by atoms with van der Waals surface area (Å²) in [5.41, 5.74) is 0. The van der Waals surface area contributed by atoms with Crippen LogP contribution in [0.3, 0.4) is 0 Å². The van der Waals surface area contributed by atoms with E-state index in [1.54, 1.807) is 6.92 Å². The molecule has 0 aliphatic carbocycles. The molecule has 1 aliphatic rings. The topological polar surface area (TPSA) is 78.9 Å². The lowest BCUT2D eigenvalue weighted by Gasteiger charge is -2.21. The zero-order chi connectivity index (χ0) is 11.3. The van der Waals surface area contributed by atoms with Crippen molar-refractivity contribution in [1.82, 2.24) is 10.2 Å². The number of carboxylic acid groups (broad SMARTS) is 1. The van der Waals surface area contributed by atoms with Crippen molar-refractivity contribution in [1.29, 1.82) is 0 Å². The van der Waals surface area contributed by atoms with Gasteiger partial charge in [-0.05, 0) is 13.3 Å². The van der Waals surface area contributed by atoms with Crippen molar-refractivity contribution >= 4 is 12.0 Å². The standard InChI is InChI=1S/C9H16N2O4/c1-2-11(5-8(12)13)9(14)10-7-3-4-15-6-7/h7H,2-6H2,1H3,(H,10,14)(H,12,13). The van der Waals surface area contributed by atoms with E-state index in [0.29, 0.717) is 19.8 Å². The number of rotatable bonds is 4. The SMILES string of the molecule is CCN(CC(=O)O)C(=O)NC1CCOC1. The summed E-state index contributed by atoms with van der Waals surface area (Å²) in [6.07, 6.45) is 0.788. The summed E-state index contributed by atoms with van der Waals surface area (Å²) >= 11 is 0. The molecule has 0 saturated carbocycles. The van der Waals surface area contributed by atoms with Crippen molar-refractivity contribution in [2.75, 3.05) is 26.3 Å². The Kier molecular flexibility index (Phi) is 4.36. The molecule has 1 heterocycles. The molecule has 1 fully saturated rings. The third-order valence-corrected chi connectivity index (χ3v) is 2.25. The van der Waals surface area contributed by atoms with Crippen molar-refractivity contribution in [2.45, 2.75) is 19.4 Å². The number of hydrogen-bond donors (Lipinski definition) is 2. The van der Waals surface area contributed by atoms with Gasteiger partial charge in [-0.15, -0.1) is 0 Å². The lowest BCUT2D eigenvalue weighted by molar-refractivity contribution is -0.137. The van der Waals surface area contributed by atoms with Gasteiger partial charge in [-0.25, -0.2) is 4.79 Å². The number of nitrogens with one attached hydrogen (secondary N) is 1. The van der Waals surface area contributed by atoms with Crippen LogP contribution in [-0.2, 0) is 9.53 Å². The maximum Gasteiger partial charge on any atom is 0.323 e. The number of carboxylic acids is 1. The third kappa shape index (κ3) is 3.75. The van der Waals surface area contributed by atoms with Gasteiger partial charge < -0.3 is 20.1 Å². The monoisotopic (exact) mass is 216 g/mol. The lowest BCUT2D eigenvalue weighted by atomic mass is 10.3. The predicted molar refractivity (Wildman–Crippen MR) is 52.6 cm³/mol. The number of aliphatic carboxylic acids is 1. The molecule has 2 amide bonds. The molecule has 1 aliphatic heterocycles. The van der Waals surface area contributed by atoms with E-state index in [4.69, 9.17) is 9.84 Å². The van der Waals surface area contributed by atoms with E-state index in [9.17, 15) is 9.59 Å². The van der Waals surface area contributed by atoms with Crippen molar-refractivity contribution < 1.29 is 19.4 Å². The van der Waals surface area contributed by atoms with Crippen LogP contribution in [0.2, 0.25) is 0 Å². The summed E-state index contributed by atoms with van der Waals surface area (Å²) in [6.45, 7) is 3.02. The number of carbonyl (C=O) groups is 2. The van der Waals surface area contributed by atoms with Crippen LogP contribution in [0.15, 0.2) is 0 Å². The van der Waals surface area contributed by atoms with Gasteiger partial charge in [0.05, 0.1) is 12.6 Å². The van der Waals surface area contributed by atoms with Gasteiger partial charge in [0.2, 0.25) is 0 Å². The second kappa shape index (κ2) is 5.55. The molecule has 0 aromatic carbocycles. The van der Waals surface area contributed by atoms with Gasteiger partial charge in [-0.3, -0.25) is 4.79 Å². The number of hydrogen-bond acceptors (Lipinski definition) is 3. The summed E-state index contributed by atoms with van der Waals surface area (Å²) < 4.78 is 5.10. The molecule has 86 valence electrons. The van der Waals surface area contributed by atoms with E-state index in [-0.39, 0.29) is 18.6 Å². The fraction of sp³-hybridized carbons (Fsp3) is 0.778. The highest BCUT2D eigenvalue weighted by Crippen LogP contribution is 2.04. The van der Waals surface area contributed by atoms with Crippen molar-refractivity contribution in [3.05, 3.63) is 0 Å². The van der Waals surface area contributed by atoms with Gasteiger partial charge in [-0.2, -0.15) is 0 Å². The Bertz CT molecular complexity index is 238. The molecule has 0 spiro atoms.